The van der Waals surface area contributed by atoms with Crippen LogP contribution in [-0.4, -0.2) is 40.1 Å². The molecule has 1 amide bonds. The number of rotatable bonds is 6. The first-order valence-electron chi connectivity index (χ1n) is 13.7. The third kappa shape index (κ3) is 4.98. The first-order chi connectivity index (χ1) is 18.8. The summed E-state index contributed by atoms with van der Waals surface area (Å²) in [5.74, 6) is -0.433. The van der Waals surface area contributed by atoms with Crippen molar-refractivity contribution in [3.8, 4) is 11.3 Å². The number of H-pyrrole nitrogens is 1. The zero-order chi connectivity index (χ0) is 29.0. The van der Waals surface area contributed by atoms with Gasteiger partial charge in [-0.05, 0) is 67.6 Å². The molecule has 0 spiro atoms. The van der Waals surface area contributed by atoms with Crippen LogP contribution in [0.4, 0.5) is 14.5 Å². The summed E-state index contributed by atoms with van der Waals surface area (Å²) in [5.41, 5.74) is 8.99. The fourth-order valence-corrected chi connectivity index (χ4v) is 6.25. The van der Waals surface area contributed by atoms with Gasteiger partial charge in [-0.3, -0.25) is 9.78 Å². The molecule has 1 fully saturated rings. The fourth-order valence-electron chi connectivity index (χ4n) is 5.32. The van der Waals surface area contributed by atoms with Crippen LogP contribution < -0.4 is 5.73 Å². The molecule has 2 aliphatic heterocycles. The molecule has 1 aromatic carbocycles. The maximum Gasteiger partial charge on any atom is 0.247 e. The lowest BCUT2D eigenvalue weighted by Crippen LogP contribution is -2.40. The number of aromatic amines is 1. The topological polar surface area (TPSA) is 97.1 Å². The molecule has 4 heterocycles. The maximum absolute atomic E-state index is 15.6. The van der Waals surface area contributed by atoms with E-state index in [1.165, 1.54) is 6.08 Å². The van der Waals surface area contributed by atoms with Gasteiger partial charge in [0.2, 0.25) is 5.91 Å². The van der Waals surface area contributed by atoms with Crippen molar-refractivity contribution in [3.63, 3.8) is 0 Å². The van der Waals surface area contributed by atoms with Gasteiger partial charge in [0.05, 0.1) is 24.5 Å². The normalized spacial score (nSPS) is 19.6. The first-order valence-corrected chi connectivity index (χ1v) is 16.6. The summed E-state index contributed by atoms with van der Waals surface area (Å²) < 4.78 is 36.7. The Hall–Kier alpha value is -3.37. The van der Waals surface area contributed by atoms with Crippen LogP contribution in [0.1, 0.15) is 68.7 Å². The van der Waals surface area contributed by atoms with Gasteiger partial charge >= 0.3 is 0 Å². The molecule has 3 N–H and O–H groups in total. The Morgan fingerprint density at radius 2 is 1.90 bits per heavy atom. The Balaban J connectivity index is 1.37. The van der Waals surface area contributed by atoms with E-state index in [0.29, 0.717) is 52.3 Å². The minimum Gasteiger partial charge on any atom is -0.411 e. The number of nitrogen functional groups attached to an aromatic ring is 1. The number of nitrogens with two attached hydrogens (primary N) is 1. The predicted octanol–water partition coefficient (Wildman–Crippen LogP) is 6.68. The summed E-state index contributed by atoms with van der Waals surface area (Å²) in [7, 11) is -2.08. The summed E-state index contributed by atoms with van der Waals surface area (Å²) in [4.78, 5) is 27.2. The van der Waals surface area contributed by atoms with Gasteiger partial charge in [0.1, 0.15) is 17.3 Å². The van der Waals surface area contributed by atoms with Crippen LogP contribution in [0.2, 0.25) is 18.1 Å². The highest BCUT2D eigenvalue weighted by Gasteiger charge is 2.42. The van der Waals surface area contributed by atoms with Gasteiger partial charge in [-0.1, -0.05) is 26.8 Å². The minimum absolute atomic E-state index is 0.00114. The van der Waals surface area contributed by atoms with Crippen LogP contribution in [-0.2, 0) is 15.8 Å². The van der Waals surface area contributed by atoms with E-state index in [-0.39, 0.29) is 41.1 Å². The molecule has 3 aromatic rings. The number of amides is 1. The van der Waals surface area contributed by atoms with E-state index in [2.05, 4.69) is 48.8 Å². The molecule has 2 aliphatic rings. The number of fused-ring (bicyclic) bond motifs is 1. The van der Waals surface area contributed by atoms with Crippen molar-refractivity contribution in [2.24, 2.45) is 0 Å². The SMILES string of the molecule is Cc1ccc(N)c(C2=CC(=O)N3C(CC[C@H]3c3ncc(-c4ccnc(CO[Si](C)(C)C(C)(C)C)c4F)[nH]3)C2)c1F. The molecule has 10 heteroatoms. The van der Waals surface area contributed by atoms with Crippen molar-refractivity contribution >= 4 is 25.5 Å². The molecule has 0 saturated carbocycles. The Bertz CT molecular complexity index is 1490. The van der Waals surface area contributed by atoms with Crippen molar-refractivity contribution in [1.82, 2.24) is 19.9 Å². The van der Waals surface area contributed by atoms with Crippen molar-refractivity contribution < 1.29 is 18.0 Å². The molecule has 1 unspecified atom stereocenters. The lowest BCUT2D eigenvalue weighted by atomic mass is 9.91. The van der Waals surface area contributed by atoms with Gasteiger partial charge in [-0.25, -0.2) is 13.8 Å². The largest absolute Gasteiger partial charge is 0.411 e. The second kappa shape index (κ2) is 10.2. The van der Waals surface area contributed by atoms with Crippen molar-refractivity contribution in [3.05, 3.63) is 70.9 Å². The number of hydrogen-bond donors (Lipinski definition) is 2. The molecule has 0 radical (unpaired) electrons. The summed E-state index contributed by atoms with van der Waals surface area (Å²) in [6.45, 7) is 12.4. The van der Waals surface area contributed by atoms with Crippen LogP contribution in [0.15, 0.2) is 36.7 Å². The van der Waals surface area contributed by atoms with Gasteiger partial charge in [0.15, 0.2) is 14.1 Å². The quantitative estimate of drug-likeness (QED) is 0.257. The van der Waals surface area contributed by atoms with Crippen LogP contribution in [0.5, 0.6) is 0 Å². The lowest BCUT2D eigenvalue weighted by Gasteiger charge is -2.36. The number of nitrogens with zero attached hydrogens (tertiary/aromatic N) is 3. The van der Waals surface area contributed by atoms with E-state index >= 15 is 4.39 Å². The molecule has 2 atom stereocenters. The van der Waals surface area contributed by atoms with E-state index in [9.17, 15) is 9.18 Å². The van der Waals surface area contributed by atoms with Gasteiger partial charge in [-0.2, -0.15) is 0 Å². The minimum atomic E-state index is -2.08. The number of anilines is 1. The van der Waals surface area contributed by atoms with Crippen molar-refractivity contribution in [1.29, 1.82) is 0 Å². The molecule has 5 rings (SSSR count). The molecule has 0 aliphatic carbocycles. The first kappa shape index (κ1) is 28.2. The number of imidazole rings is 1. The highest BCUT2D eigenvalue weighted by molar-refractivity contribution is 6.74. The third-order valence-electron chi connectivity index (χ3n) is 8.74. The van der Waals surface area contributed by atoms with E-state index in [1.807, 2.05) is 0 Å². The van der Waals surface area contributed by atoms with Crippen LogP contribution in [0, 0.1) is 18.6 Å². The molecular weight excluding hydrogens is 528 g/mol. The number of benzene rings is 1. The smallest absolute Gasteiger partial charge is 0.247 e. The Kier molecular flexibility index (Phi) is 7.20. The van der Waals surface area contributed by atoms with Crippen LogP contribution in [0.3, 0.4) is 0 Å². The lowest BCUT2D eigenvalue weighted by molar-refractivity contribution is -0.129. The Morgan fingerprint density at radius 3 is 2.62 bits per heavy atom. The zero-order valence-electron chi connectivity index (χ0n) is 23.9. The number of hydrogen-bond acceptors (Lipinski definition) is 5. The molecule has 212 valence electrons. The number of carbonyl (C=O) groups excluding carboxylic acids is 1. The molecule has 0 bridgehead atoms. The van der Waals surface area contributed by atoms with E-state index in [0.717, 1.165) is 6.42 Å². The van der Waals surface area contributed by atoms with E-state index in [1.54, 1.807) is 42.4 Å². The Morgan fingerprint density at radius 1 is 1.15 bits per heavy atom. The number of aromatic nitrogens is 3. The second-order valence-electron chi connectivity index (χ2n) is 12.4. The maximum atomic E-state index is 15.6. The number of halogens is 2. The summed E-state index contributed by atoms with van der Waals surface area (Å²) >= 11 is 0. The van der Waals surface area contributed by atoms with Crippen LogP contribution >= 0.6 is 0 Å². The average Bonchev–Trinajstić information content (AvgIpc) is 3.53. The standard InChI is InChI=1S/C30H37F2N5O2Si/c1-17-7-9-21(33)26(27(17)31)18-13-19-8-10-24(37(19)25(38)14-18)29-35-15-22(36-29)20-11-12-34-23(28(20)32)16-39-40(5,6)30(2,3)4/h7,9,11-12,14-15,19,24H,8,10,13,16,33H2,1-6H3,(H,35,36)/t19?,24-/m0/s1. The summed E-state index contributed by atoms with van der Waals surface area (Å²) in [6.07, 6.45) is 6.61. The number of aryl methyl sites for hydroxylation is 1. The second-order valence-corrected chi connectivity index (χ2v) is 17.2. The highest BCUT2D eigenvalue weighted by Crippen LogP contribution is 2.44. The highest BCUT2D eigenvalue weighted by atomic mass is 28.4. The van der Waals surface area contributed by atoms with Gasteiger partial charge < -0.3 is 20.0 Å². The number of nitrogens with one attached hydrogen (secondary N) is 1. The summed E-state index contributed by atoms with van der Waals surface area (Å²) in [5, 5.41) is 0.00114. The average molecular weight is 566 g/mol. The fraction of sp³-hybridized carbons (Fsp3) is 0.433. The number of pyridine rings is 1. The van der Waals surface area contributed by atoms with Gasteiger partial charge in [-0.15, -0.1) is 0 Å². The third-order valence-corrected chi connectivity index (χ3v) is 13.2. The van der Waals surface area contributed by atoms with Crippen molar-refractivity contribution in [2.45, 2.75) is 83.8 Å². The van der Waals surface area contributed by atoms with Gasteiger partial charge in [0, 0.05) is 35.1 Å². The predicted molar refractivity (Wildman–Crippen MR) is 155 cm³/mol. The van der Waals surface area contributed by atoms with E-state index < -0.39 is 14.1 Å². The molecule has 7 nitrogen and oxygen atoms in total. The van der Waals surface area contributed by atoms with Crippen LogP contribution in [0.25, 0.3) is 16.8 Å². The molecule has 40 heavy (non-hydrogen) atoms. The van der Waals surface area contributed by atoms with Gasteiger partial charge in [0.25, 0.3) is 0 Å². The molecule has 2 aromatic heterocycles. The van der Waals surface area contributed by atoms with E-state index in [4.69, 9.17) is 10.2 Å². The zero-order valence-corrected chi connectivity index (χ0v) is 24.9. The Labute approximate surface area is 235 Å². The monoisotopic (exact) mass is 565 g/mol. The molecule has 1 saturated heterocycles. The number of carbonyl (C=O) groups is 1. The summed E-state index contributed by atoms with van der Waals surface area (Å²) in [6, 6.07) is 4.55. The van der Waals surface area contributed by atoms with Crippen molar-refractivity contribution in [2.75, 3.05) is 5.73 Å². The molecular formula is C30H37F2N5O2Si.